The minimum absolute atomic E-state index is 0. The summed E-state index contributed by atoms with van der Waals surface area (Å²) >= 11 is 0. The van der Waals surface area contributed by atoms with E-state index in [2.05, 4.69) is 0 Å². The molecule has 4 heteroatoms. The molecule has 0 saturated heterocycles. The van der Waals surface area contributed by atoms with E-state index in [0.717, 1.165) is 0 Å². The first-order valence-electron chi connectivity index (χ1n) is 1.70. The van der Waals surface area contributed by atoms with Gasteiger partial charge < -0.3 is 16.1 Å². The molecule has 3 nitrogen and oxygen atoms in total. The largest absolute Gasteiger partial charge is 2.00 e. The van der Waals surface area contributed by atoms with Crippen molar-refractivity contribution in [3.63, 3.8) is 0 Å². The SMILES string of the molecule is CC(C)(C)[O-].O.[OH-].[Sn+2]. The molecule has 0 bridgehead atoms. The summed E-state index contributed by atoms with van der Waals surface area (Å²) in [5.74, 6) is 0. The number of hydrogen-bond donors (Lipinski definition) is 0. The second-order valence-corrected chi connectivity index (χ2v) is 2.11. The molecule has 0 aliphatic carbocycles. The molecule has 0 aromatic heterocycles. The number of rotatable bonds is 0. The fourth-order valence-electron chi connectivity index (χ4n) is 0. The van der Waals surface area contributed by atoms with E-state index in [1.807, 2.05) is 0 Å². The van der Waals surface area contributed by atoms with Gasteiger partial charge in [0.05, 0.1) is 0 Å². The maximum absolute atomic E-state index is 10.1. The molecule has 0 aromatic carbocycles. The summed E-state index contributed by atoms with van der Waals surface area (Å²) in [6, 6.07) is 0. The number of hydrogen-bond acceptors (Lipinski definition) is 2. The predicted molar refractivity (Wildman–Crippen MR) is 31.1 cm³/mol. The smallest absolute Gasteiger partial charge is 0.870 e. The Morgan fingerprint density at radius 3 is 1.12 bits per heavy atom. The van der Waals surface area contributed by atoms with Crippen LogP contribution in [-0.2, 0) is 0 Å². The van der Waals surface area contributed by atoms with E-state index in [-0.39, 0.29) is 34.9 Å². The third-order valence-corrected chi connectivity index (χ3v) is 0. The van der Waals surface area contributed by atoms with Crippen molar-refractivity contribution in [2.24, 2.45) is 0 Å². The Labute approximate surface area is 66.7 Å². The zero-order chi connectivity index (χ0) is 4.50. The van der Waals surface area contributed by atoms with Crippen molar-refractivity contribution in [1.29, 1.82) is 0 Å². The predicted octanol–water partition coefficient (Wildman–Crippen LogP) is -1.24. The zero-order valence-electron chi connectivity index (χ0n) is 5.36. The van der Waals surface area contributed by atoms with Gasteiger partial charge in [-0.05, 0) is 0 Å². The summed E-state index contributed by atoms with van der Waals surface area (Å²) in [5.41, 5.74) is -0.750. The summed E-state index contributed by atoms with van der Waals surface area (Å²) in [4.78, 5) is 0. The van der Waals surface area contributed by atoms with Gasteiger partial charge in [0.25, 0.3) is 0 Å². The molecule has 0 heterocycles. The first-order chi connectivity index (χ1) is 2.00. The Kier molecular flexibility index (Phi) is 22.4. The van der Waals surface area contributed by atoms with Gasteiger partial charge in [-0.15, -0.1) is 5.60 Å². The molecule has 0 unspecified atom stereocenters. The molecular formula is C4H12O3Sn. The normalized spacial score (nSPS) is 7.50. The van der Waals surface area contributed by atoms with Gasteiger partial charge in [0.1, 0.15) is 0 Å². The van der Waals surface area contributed by atoms with E-state index in [4.69, 9.17) is 0 Å². The minimum atomic E-state index is -0.750. The molecule has 0 spiro atoms. The molecule has 0 aliphatic heterocycles. The summed E-state index contributed by atoms with van der Waals surface area (Å²) < 4.78 is 0. The van der Waals surface area contributed by atoms with Crippen LogP contribution in [0.4, 0.5) is 0 Å². The zero-order valence-corrected chi connectivity index (χ0v) is 8.21. The molecule has 0 amide bonds. The molecule has 50 valence electrons. The van der Waals surface area contributed by atoms with Gasteiger partial charge >= 0.3 is 23.9 Å². The second-order valence-electron chi connectivity index (χ2n) is 2.11. The fraction of sp³-hybridized carbons (Fsp3) is 1.00. The Balaban J connectivity index is -0.0000000267. The summed E-state index contributed by atoms with van der Waals surface area (Å²) in [5, 5.41) is 10.1. The Morgan fingerprint density at radius 1 is 1.12 bits per heavy atom. The van der Waals surface area contributed by atoms with Crippen LogP contribution < -0.4 is 5.11 Å². The van der Waals surface area contributed by atoms with Crippen LogP contribution in [0.1, 0.15) is 20.8 Å². The van der Waals surface area contributed by atoms with Crippen LogP contribution in [0.25, 0.3) is 0 Å². The average Bonchev–Trinajstić information content (AvgIpc) is 0.722. The second kappa shape index (κ2) is 7.68. The van der Waals surface area contributed by atoms with Crippen LogP contribution in [-0.4, -0.2) is 40.5 Å². The topological polar surface area (TPSA) is 84.6 Å². The molecule has 0 fully saturated rings. The van der Waals surface area contributed by atoms with Crippen molar-refractivity contribution in [2.75, 3.05) is 0 Å². The molecule has 0 saturated carbocycles. The van der Waals surface area contributed by atoms with Gasteiger partial charge in [-0.1, -0.05) is 20.8 Å². The van der Waals surface area contributed by atoms with Crippen molar-refractivity contribution in [3.8, 4) is 0 Å². The van der Waals surface area contributed by atoms with Gasteiger partial charge in [-0.25, -0.2) is 0 Å². The molecule has 0 rings (SSSR count). The van der Waals surface area contributed by atoms with E-state index in [9.17, 15) is 5.11 Å². The fourth-order valence-corrected chi connectivity index (χ4v) is 0. The average molecular weight is 227 g/mol. The standard InChI is InChI=1S/C4H9O.2H2O.Sn/c1-4(2,3)5;;;/h1-3H3;2*1H2;/q-1;;;+2/p-1. The van der Waals surface area contributed by atoms with Crippen LogP contribution >= 0.6 is 0 Å². The van der Waals surface area contributed by atoms with E-state index >= 15 is 0 Å². The van der Waals surface area contributed by atoms with Crippen LogP contribution in [0.15, 0.2) is 0 Å². The molecule has 0 aliphatic rings. The summed E-state index contributed by atoms with van der Waals surface area (Å²) in [6.07, 6.45) is 0. The Morgan fingerprint density at radius 2 is 1.12 bits per heavy atom. The van der Waals surface area contributed by atoms with Crippen LogP contribution in [0, 0.1) is 0 Å². The van der Waals surface area contributed by atoms with Gasteiger partial charge in [0, 0.05) is 0 Å². The van der Waals surface area contributed by atoms with Crippen LogP contribution in [0.2, 0.25) is 0 Å². The van der Waals surface area contributed by atoms with Crippen molar-refractivity contribution < 1.29 is 16.1 Å². The van der Waals surface area contributed by atoms with Gasteiger partial charge in [0.15, 0.2) is 0 Å². The quantitative estimate of drug-likeness (QED) is 0.484. The van der Waals surface area contributed by atoms with Gasteiger partial charge in [-0.2, -0.15) is 0 Å². The van der Waals surface area contributed by atoms with Crippen LogP contribution in [0.3, 0.4) is 0 Å². The van der Waals surface area contributed by atoms with Crippen molar-refractivity contribution >= 4 is 23.9 Å². The van der Waals surface area contributed by atoms with Crippen molar-refractivity contribution in [3.05, 3.63) is 0 Å². The minimum Gasteiger partial charge on any atom is -0.870 e. The van der Waals surface area contributed by atoms with Gasteiger partial charge in [-0.3, -0.25) is 0 Å². The Hall–Kier alpha value is 0.679. The van der Waals surface area contributed by atoms with Crippen molar-refractivity contribution in [1.82, 2.24) is 0 Å². The Bertz CT molecular complexity index is 26.8. The van der Waals surface area contributed by atoms with Gasteiger partial charge in [0.2, 0.25) is 0 Å². The first-order valence-corrected chi connectivity index (χ1v) is 1.70. The van der Waals surface area contributed by atoms with Crippen LogP contribution in [0.5, 0.6) is 0 Å². The van der Waals surface area contributed by atoms with Crippen molar-refractivity contribution in [2.45, 2.75) is 26.4 Å². The first kappa shape index (κ1) is 23.4. The maximum atomic E-state index is 10.1. The monoisotopic (exact) mass is 228 g/mol. The molecule has 0 atom stereocenters. The van der Waals surface area contributed by atoms with E-state index in [1.54, 1.807) is 20.8 Å². The molecule has 0 aromatic rings. The van der Waals surface area contributed by atoms with E-state index in [1.165, 1.54) is 0 Å². The molecular weight excluding hydrogens is 215 g/mol. The maximum Gasteiger partial charge on any atom is 2.00 e. The molecule has 8 heavy (non-hydrogen) atoms. The third kappa shape index (κ3) is 468. The van der Waals surface area contributed by atoms with E-state index < -0.39 is 5.60 Å². The molecule has 3 N–H and O–H groups in total. The molecule has 2 radical (unpaired) electrons. The van der Waals surface area contributed by atoms with E-state index in [0.29, 0.717) is 0 Å². The third-order valence-electron chi connectivity index (χ3n) is 0. The summed E-state index contributed by atoms with van der Waals surface area (Å²) in [7, 11) is 0. The summed E-state index contributed by atoms with van der Waals surface area (Å²) in [6.45, 7) is 4.90.